The first kappa shape index (κ1) is 18.8. The van der Waals surface area contributed by atoms with Crippen LogP contribution in [0.3, 0.4) is 0 Å². The minimum atomic E-state index is -0.175. The van der Waals surface area contributed by atoms with E-state index < -0.39 is 0 Å². The Labute approximate surface area is 167 Å². The van der Waals surface area contributed by atoms with Crippen molar-refractivity contribution in [1.82, 2.24) is 14.9 Å². The Kier molecular flexibility index (Phi) is 5.33. The quantitative estimate of drug-likeness (QED) is 0.642. The van der Waals surface area contributed by atoms with Crippen molar-refractivity contribution in [1.29, 1.82) is 0 Å². The van der Waals surface area contributed by atoms with E-state index in [4.69, 9.17) is 9.47 Å². The third-order valence-electron chi connectivity index (χ3n) is 4.68. The minimum Gasteiger partial charge on any atom is -0.454 e. The van der Waals surface area contributed by atoms with Crippen LogP contribution in [-0.2, 0) is 22.6 Å². The number of anilines is 1. The van der Waals surface area contributed by atoms with Gasteiger partial charge in [-0.15, -0.1) is 0 Å². The highest BCUT2D eigenvalue weighted by molar-refractivity contribution is 5.92. The number of nitrogens with one attached hydrogen (secondary N) is 2. The summed E-state index contributed by atoms with van der Waals surface area (Å²) in [6, 6.07) is 13.0. The lowest BCUT2D eigenvalue weighted by atomic mass is 10.2. The monoisotopic (exact) mass is 394 g/mol. The van der Waals surface area contributed by atoms with Gasteiger partial charge in [-0.3, -0.25) is 9.59 Å². The summed E-state index contributed by atoms with van der Waals surface area (Å²) in [6.45, 7) is 2.59. The summed E-state index contributed by atoms with van der Waals surface area (Å²) in [5, 5.41) is 5.74. The van der Waals surface area contributed by atoms with Gasteiger partial charge in [0.1, 0.15) is 12.4 Å². The summed E-state index contributed by atoms with van der Waals surface area (Å²) >= 11 is 0. The number of carbonyl (C=O) groups is 2. The summed E-state index contributed by atoms with van der Waals surface area (Å²) < 4.78 is 12.5. The van der Waals surface area contributed by atoms with E-state index in [1.165, 1.54) is 0 Å². The molecule has 0 fully saturated rings. The van der Waals surface area contributed by atoms with Gasteiger partial charge in [0.25, 0.3) is 0 Å². The van der Waals surface area contributed by atoms with Crippen LogP contribution in [-0.4, -0.2) is 34.7 Å². The topological polar surface area (TPSA) is 94.5 Å². The van der Waals surface area contributed by atoms with Gasteiger partial charge in [0.2, 0.25) is 18.6 Å². The maximum atomic E-state index is 12.7. The van der Waals surface area contributed by atoms with Gasteiger partial charge >= 0.3 is 0 Å². The molecule has 8 heteroatoms. The molecule has 2 heterocycles. The second-order valence-corrected chi connectivity index (χ2v) is 6.67. The third-order valence-corrected chi connectivity index (χ3v) is 4.68. The van der Waals surface area contributed by atoms with Gasteiger partial charge in [-0.1, -0.05) is 19.1 Å². The summed E-state index contributed by atoms with van der Waals surface area (Å²) in [4.78, 5) is 28.8. The zero-order valence-electron chi connectivity index (χ0n) is 16.1. The number of imidazole rings is 1. The molecule has 0 aliphatic carbocycles. The van der Waals surface area contributed by atoms with Crippen LogP contribution in [0, 0.1) is 0 Å². The lowest BCUT2D eigenvalue weighted by molar-refractivity contribution is -0.120. The maximum Gasteiger partial charge on any atom is 0.244 e. The number of aromatic nitrogens is 2. The van der Waals surface area contributed by atoms with Gasteiger partial charge in [-0.25, -0.2) is 4.98 Å². The van der Waals surface area contributed by atoms with Crippen LogP contribution in [0.5, 0.6) is 11.5 Å². The molecule has 1 aliphatic heterocycles. The lowest BCUT2D eigenvalue weighted by Gasteiger charge is -2.11. The summed E-state index contributed by atoms with van der Waals surface area (Å²) in [7, 11) is 0. The molecule has 3 aromatic rings. The molecule has 2 N–H and O–H groups in total. The van der Waals surface area contributed by atoms with Crippen LogP contribution < -0.4 is 20.1 Å². The van der Waals surface area contributed by atoms with Crippen LogP contribution in [0.15, 0.2) is 42.5 Å². The average molecular weight is 394 g/mol. The molecular formula is C21H22N4O4. The first-order valence-corrected chi connectivity index (χ1v) is 9.54. The Morgan fingerprint density at radius 1 is 1.10 bits per heavy atom. The smallest absolute Gasteiger partial charge is 0.244 e. The molecule has 2 aromatic carbocycles. The van der Waals surface area contributed by atoms with Gasteiger partial charge < -0.3 is 24.7 Å². The molecule has 0 atom stereocenters. The Morgan fingerprint density at radius 2 is 1.93 bits per heavy atom. The Morgan fingerprint density at radius 3 is 2.79 bits per heavy atom. The number of fused-ring (bicyclic) bond motifs is 2. The second-order valence-electron chi connectivity index (χ2n) is 6.67. The Bertz CT molecular complexity index is 1060. The number of hydrogen-bond donors (Lipinski definition) is 2. The SMILES string of the molecule is CCC(=O)NCCc1nc2ccccc2n1CC(=O)Nc1ccc2c(c1)OCO2. The highest BCUT2D eigenvalue weighted by Gasteiger charge is 2.16. The number of amides is 2. The molecular weight excluding hydrogens is 372 g/mol. The molecule has 0 unspecified atom stereocenters. The number of para-hydroxylation sites is 2. The Balaban J connectivity index is 1.50. The van der Waals surface area contributed by atoms with Gasteiger partial charge in [0.05, 0.1) is 11.0 Å². The fourth-order valence-electron chi connectivity index (χ4n) is 3.25. The number of benzene rings is 2. The molecule has 29 heavy (non-hydrogen) atoms. The van der Waals surface area contributed by atoms with Crippen molar-refractivity contribution in [3.8, 4) is 11.5 Å². The molecule has 1 aliphatic rings. The van der Waals surface area contributed by atoms with Crippen LogP contribution in [0.2, 0.25) is 0 Å². The summed E-state index contributed by atoms with van der Waals surface area (Å²) in [6.07, 6.45) is 0.978. The zero-order chi connectivity index (χ0) is 20.2. The van der Waals surface area contributed by atoms with Crippen molar-refractivity contribution in [2.24, 2.45) is 0 Å². The molecule has 0 spiro atoms. The Hall–Kier alpha value is -3.55. The van der Waals surface area contributed by atoms with Crippen molar-refractivity contribution < 1.29 is 19.1 Å². The lowest BCUT2D eigenvalue weighted by Crippen LogP contribution is -2.26. The number of rotatable bonds is 7. The van der Waals surface area contributed by atoms with E-state index in [1.54, 1.807) is 18.2 Å². The van der Waals surface area contributed by atoms with E-state index in [0.717, 1.165) is 16.9 Å². The highest BCUT2D eigenvalue weighted by atomic mass is 16.7. The molecule has 0 saturated carbocycles. The van der Waals surface area contributed by atoms with Crippen LogP contribution in [0.25, 0.3) is 11.0 Å². The van der Waals surface area contributed by atoms with Crippen molar-refractivity contribution in [2.75, 3.05) is 18.7 Å². The van der Waals surface area contributed by atoms with Gasteiger partial charge in [0.15, 0.2) is 11.5 Å². The van der Waals surface area contributed by atoms with E-state index >= 15 is 0 Å². The molecule has 0 saturated heterocycles. The van der Waals surface area contributed by atoms with Crippen molar-refractivity contribution >= 4 is 28.5 Å². The van der Waals surface area contributed by atoms with E-state index in [-0.39, 0.29) is 25.2 Å². The maximum absolute atomic E-state index is 12.7. The van der Waals surface area contributed by atoms with Crippen LogP contribution in [0.1, 0.15) is 19.2 Å². The van der Waals surface area contributed by atoms with Crippen molar-refractivity contribution in [3.05, 3.63) is 48.3 Å². The number of nitrogens with zero attached hydrogens (tertiary/aromatic N) is 2. The van der Waals surface area contributed by atoms with Gasteiger partial charge in [0, 0.05) is 31.1 Å². The molecule has 0 radical (unpaired) electrons. The van der Waals surface area contributed by atoms with E-state index in [9.17, 15) is 9.59 Å². The predicted octanol–water partition coefficient (Wildman–Crippen LogP) is 2.47. The van der Waals surface area contributed by atoms with Gasteiger partial charge in [-0.05, 0) is 24.3 Å². The normalized spacial score (nSPS) is 12.2. The number of carbonyl (C=O) groups excluding carboxylic acids is 2. The minimum absolute atomic E-state index is 0.00628. The molecule has 1 aromatic heterocycles. The predicted molar refractivity (Wildman–Crippen MR) is 108 cm³/mol. The highest BCUT2D eigenvalue weighted by Crippen LogP contribution is 2.34. The molecule has 4 rings (SSSR count). The first-order valence-electron chi connectivity index (χ1n) is 9.54. The fraction of sp³-hybridized carbons (Fsp3) is 0.286. The zero-order valence-corrected chi connectivity index (χ0v) is 16.1. The first-order chi connectivity index (χ1) is 14.1. The van der Waals surface area contributed by atoms with Crippen molar-refractivity contribution in [3.63, 3.8) is 0 Å². The molecule has 150 valence electrons. The average Bonchev–Trinajstić information content (AvgIpc) is 3.32. The summed E-state index contributed by atoms with van der Waals surface area (Å²) in [5.74, 6) is 1.85. The summed E-state index contributed by atoms with van der Waals surface area (Å²) in [5.41, 5.74) is 2.34. The largest absolute Gasteiger partial charge is 0.454 e. The van der Waals surface area contributed by atoms with E-state index in [0.29, 0.717) is 36.6 Å². The van der Waals surface area contributed by atoms with Crippen molar-refractivity contribution in [2.45, 2.75) is 26.3 Å². The van der Waals surface area contributed by atoms with E-state index in [2.05, 4.69) is 15.6 Å². The van der Waals surface area contributed by atoms with Gasteiger partial charge in [-0.2, -0.15) is 0 Å². The molecule has 0 bridgehead atoms. The number of hydrogen-bond acceptors (Lipinski definition) is 5. The second kappa shape index (κ2) is 8.22. The number of ether oxygens (including phenoxy) is 2. The third kappa shape index (κ3) is 4.16. The fourth-order valence-corrected chi connectivity index (χ4v) is 3.25. The van der Waals surface area contributed by atoms with Crippen LogP contribution in [0.4, 0.5) is 5.69 Å². The van der Waals surface area contributed by atoms with Crippen LogP contribution >= 0.6 is 0 Å². The molecule has 2 amide bonds. The standard InChI is InChI=1S/C21H22N4O4/c1-2-20(26)22-10-9-19-24-15-5-3-4-6-16(15)25(19)12-21(27)23-14-7-8-17-18(11-14)29-13-28-17/h3-8,11H,2,9-10,12-13H2,1H3,(H,22,26)(H,23,27). The van der Waals surface area contributed by atoms with E-state index in [1.807, 2.05) is 35.8 Å². The molecule has 8 nitrogen and oxygen atoms in total.